The summed E-state index contributed by atoms with van der Waals surface area (Å²) in [6, 6.07) is 0.517. The summed E-state index contributed by atoms with van der Waals surface area (Å²) in [5.74, 6) is 0. The molecule has 1 saturated carbocycles. The average molecular weight is 218 g/mol. The Labute approximate surface area is 86.2 Å². The molecule has 1 aliphatic heterocycles. The molecule has 84 valence electrons. The Morgan fingerprint density at radius 2 is 2.13 bits per heavy atom. The van der Waals surface area contributed by atoms with Crippen molar-refractivity contribution in [2.45, 2.75) is 25.1 Å². The van der Waals surface area contributed by atoms with Gasteiger partial charge in [0.15, 0.2) is 0 Å². The molecule has 2 N–H and O–H groups in total. The lowest BCUT2D eigenvalue weighted by molar-refractivity contribution is -0.0966. The maximum absolute atomic E-state index is 12.3. The van der Waals surface area contributed by atoms with Crippen LogP contribution in [0.1, 0.15) is 12.8 Å². The molecule has 0 saturated heterocycles. The third-order valence-corrected chi connectivity index (χ3v) is 2.46. The summed E-state index contributed by atoms with van der Waals surface area (Å²) in [7, 11) is 0. The first-order valence-electron chi connectivity index (χ1n) is 5.01. The second kappa shape index (κ2) is 3.89. The Bertz CT molecular complexity index is 300. The van der Waals surface area contributed by atoms with E-state index in [1.54, 1.807) is 6.08 Å². The zero-order valence-electron chi connectivity index (χ0n) is 8.19. The van der Waals surface area contributed by atoms with Gasteiger partial charge >= 0.3 is 6.18 Å². The predicted molar refractivity (Wildman–Crippen MR) is 51.2 cm³/mol. The van der Waals surface area contributed by atoms with Gasteiger partial charge in [0.05, 0.1) is 0 Å². The van der Waals surface area contributed by atoms with Crippen LogP contribution in [0.25, 0.3) is 0 Å². The lowest BCUT2D eigenvalue weighted by Crippen LogP contribution is -2.30. The summed E-state index contributed by atoms with van der Waals surface area (Å²) in [6.07, 6.45) is 0.978. The molecule has 0 radical (unpaired) electrons. The molecule has 2 nitrogen and oxygen atoms in total. The summed E-state index contributed by atoms with van der Waals surface area (Å²) in [6.45, 7) is 0.791. The normalized spacial score (nSPS) is 21.8. The molecule has 2 aliphatic rings. The molecule has 0 aromatic rings. The fraction of sp³-hybridized carbons (Fsp3) is 0.600. The first-order chi connectivity index (χ1) is 7.05. The first-order valence-corrected chi connectivity index (χ1v) is 5.01. The van der Waals surface area contributed by atoms with Gasteiger partial charge in [0.1, 0.15) is 5.70 Å². The Hall–Kier alpha value is -0.970. The number of hydrogen-bond acceptors (Lipinski definition) is 2. The minimum atomic E-state index is -4.26. The van der Waals surface area contributed by atoms with Crippen LogP contribution >= 0.6 is 0 Å². The second-order valence-electron chi connectivity index (χ2n) is 3.87. The number of hydrogen-bond donors (Lipinski definition) is 2. The van der Waals surface area contributed by atoms with E-state index in [1.165, 1.54) is 6.08 Å². The molecule has 1 heterocycles. The predicted octanol–water partition coefficient (Wildman–Crippen LogP) is 1.71. The molecular formula is C10H13F3N2. The van der Waals surface area contributed by atoms with Crippen molar-refractivity contribution in [1.82, 2.24) is 10.6 Å². The van der Waals surface area contributed by atoms with Crippen molar-refractivity contribution < 1.29 is 13.2 Å². The van der Waals surface area contributed by atoms with Crippen molar-refractivity contribution in [3.8, 4) is 0 Å². The van der Waals surface area contributed by atoms with E-state index < -0.39 is 11.9 Å². The van der Waals surface area contributed by atoms with E-state index in [9.17, 15) is 13.2 Å². The van der Waals surface area contributed by atoms with Crippen LogP contribution in [0.15, 0.2) is 23.4 Å². The number of allylic oxidation sites excluding steroid dienone is 1. The second-order valence-corrected chi connectivity index (χ2v) is 3.87. The number of alkyl halides is 3. The van der Waals surface area contributed by atoms with E-state index in [0.29, 0.717) is 18.2 Å². The third kappa shape index (κ3) is 2.99. The van der Waals surface area contributed by atoms with E-state index in [2.05, 4.69) is 10.6 Å². The molecule has 0 aromatic heterocycles. The van der Waals surface area contributed by atoms with E-state index in [-0.39, 0.29) is 6.54 Å². The highest BCUT2D eigenvalue weighted by Gasteiger charge is 2.34. The van der Waals surface area contributed by atoms with Gasteiger partial charge in [-0.2, -0.15) is 13.2 Å². The Kier molecular flexibility index (Phi) is 2.73. The number of halogens is 3. The first kappa shape index (κ1) is 10.5. The van der Waals surface area contributed by atoms with Crippen LogP contribution in [0.4, 0.5) is 13.2 Å². The zero-order chi connectivity index (χ0) is 10.9. The lowest BCUT2D eigenvalue weighted by atomic mass is 10.1. The molecule has 0 spiro atoms. The lowest BCUT2D eigenvalue weighted by Gasteiger charge is -2.18. The molecule has 0 atom stereocenters. The molecule has 0 unspecified atom stereocenters. The summed E-state index contributed by atoms with van der Waals surface area (Å²) in [4.78, 5) is 0. The Morgan fingerprint density at radius 1 is 1.40 bits per heavy atom. The van der Waals surface area contributed by atoms with Gasteiger partial charge in [-0.05, 0) is 24.5 Å². The van der Waals surface area contributed by atoms with E-state index in [1.807, 2.05) is 0 Å². The van der Waals surface area contributed by atoms with Crippen LogP contribution in [0, 0.1) is 0 Å². The molecular weight excluding hydrogens is 205 g/mol. The highest BCUT2D eigenvalue weighted by molar-refractivity contribution is 5.30. The molecule has 5 heteroatoms. The van der Waals surface area contributed by atoms with Crippen LogP contribution in [0.3, 0.4) is 0 Å². The van der Waals surface area contributed by atoms with Crippen LogP contribution in [-0.2, 0) is 0 Å². The van der Waals surface area contributed by atoms with Gasteiger partial charge in [0, 0.05) is 19.1 Å². The SMILES string of the molecule is FC(F)(F)C1=CC(CNC2CC2)=CCN1. The zero-order valence-corrected chi connectivity index (χ0v) is 8.19. The maximum atomic E-state index is 12.3. The monoisotopic (exact) mass is 218 g/mol. The Balaban J connectivity index is 1.93. The fourth-order valence-electron chi connectivity index (χ4n) is 1.44. The molecule has 0 aromatic carbocycles. The van der Waals surface area contributed by atoms with Crippen molar-refractivity contribution in [1.29, 1.82) is 0 Å². The average Bonchev–Trinajstić information content (AvgIpc) is 2.97. The molecule has 0 bridgehead atoms. The molecule has 1 aliphatic carbocycles. The maximum Gasteiger partial charge on any atom is 0.430 e. The van der Waals surface area contributed by atoms with Crippen LogP contribution < -0.4 is 10.6 Å². The van der Waals surface area contributed by atoms with E-state index in [4.69, 9.17) is 0 Å². The number of dihydropyridines is 1. The quantitative estimate of drug-likeness (QED) is 0.753. The van der Waals surface area contributed by atoms with Gasteiger partial charge in [-0.1, -0.05) is 6.08 Å². The van der Waals surface area contributed by atoms with Crippen molar-refractivity contribution in [2.75, 3.05) is 13.1 Å². The molecule has 15 heavy (non-hydrogen) atoms. The van der Waals surface area contributed by atoms with Gasteiger partial charge in [-0.25, -0.2) is 0 Å². The fourth-order valence-corrected chi connectivity index (χ4v) is 1.44. The molecule has 0 amide bonds. The Morgan fingerprint density at radius 3 is 2.73 bits per heavy atom. The van der Waals surface area contributed by atoms with Gasteiger partial charge < -0.3 is 10.6 Å². The summed E-state index contributed by atoms with van der Waals surface area (Å²) < 4.78 is 37.0. The third-order valence-electron chi connectivity index (χ3n) is 2.46. The standard InChI is InChI=1S/C10H13F3N2/c11-10(12,13)9-5-7(3-4-14-9)6-15-8-1-2-8/h3,5,8,14-15H,1-2,4,6H2. The topological polar surface area (TPSA) is 24.1 Å². The highest BCUT2D eigenvalue weighted by atomic mass is 19.4. The van der Waals surface area contributed by atoms with Gasteiger partial charge in [-0.3, -0.25) is 0 Å². The summed E-state index contributed by atoms with van der Waals surface area (Å²) in [5.41, 5.74) is 0.0746. The minimum Gasteiger partial charge on any atom is -0.378 e. The van der Waals surface area contributed by atoms with Crippen LogP contribution in [0.2, 0.25) is 0 Å². The minimum absolute atomic E-state index is 0.257. The van der Waals surface area contributed by atoms with Crippen molar-refractivity contribution in [3.63, 3.8) is 0 Å². The van der Waals surface area contributed by atoms with E-state index >= 15 is 0 Å². The van der Waals surface area contributed by atoms with Crippen molar-refractivity contribution in [3.05, 3.63) is 23.4 Å². The largest absolute Gasteiger partial charge is 0.430 e. The van der Waals surface area contributed by atoms with Crippen molar-refractivity contribution >= 4 is 0 Å². The number of nitrogens with one attached hydrogen (secondary N) is 2. The summed E-state index contributed by atoms with van der Waals surface area (Å²) >= 11 is 0. The molecule has 2 rings (SSSR count). The van der Waals surface area contributed by atoms with Crippen molar-refractivity contribution in [2.24, 2.45) is 0 Å². The number of rotatable bonds is 3. The van der Waals surface area contributed by atoms with Gasteiger partial charge in [-0.15, -0.1) is 0 Å². The van der Waals surface area contributed by atoms with E-state index in [0.717, 1.165) is 12.8 Å². The van der Waals surface area contributed by atoms with Gasteiger partial charge in [0.2, 0.25) is 0 Å². The van der Waals surface area contributed by atoms with Crippen LogP contribution in [0.5, 0.6) is 0 Å². The van der Waals surface area contributed by atoms with Crippen LogP contribution in [-0.4, -0.2) is 25.3 Å². The highest BCUT2D eigenvalue weighted by Crippen LogP contribution is 2.26. The van der Waals surface area contributed by atoms with Gasteiger partial charge in [0.25, 0.3) is 0 Å². The smallest absolute Gasteiger partial charge is 0.378 e. The summed E-state index contributed by atoms with van der Waals surface area (Å²) in [5, 5.41) is 5.51. The molecule has 1 fully saturated rings.